The van der Waals surface area contributed by atoms with Gasteiger partial charge in [0.15, 0.2) is 0 Å². The summed E-state index contributed by atoms with van der Waals surface area (Å²) in [6, 6.07) is 1.38. The van der Waals surface area contributed by atoms with Crippen LogP contribution in [0.15, 0.2) is 23.3 Å². The monoisotopic (exact) mass is 250 g/mol. The normalized spacial score (nSPS) is 16.8. The van der Waals surface area contributed by atoms with E-state index in [1.165, 1.54) is 12.3 Å². The molecule has 6 heteroatoms. The summed E-state index contributed by atoms with van der Waals surface area (Å²) >= 11 is 0. The van der Waals surface area contributed by atoms with Gasteiger partial charge in [0, 0.05) is 44.6 Å². The number of likely N-dealkylation sites (N-methyl/N-ethyl adjacent to an activating group) is 1. The Morgan fingerprint density at radius 2 is 2.00 bits per heavy atom. The number of hydrogen-bond donors (Lipinski definition) is 1. The zero-order chi connectivity index (χ0) is 13.1. The molecule has 2 heterocycles. The molecule has 1 aliphatic heterocycles. The van der Waals surface area contributed by atoms with Crippen LogP contribution in [0.4, 0.5) is 5.69 Å². The van der Waals surface area contributed by atoms with Crippen molar-refractivity contribution in [2.24, 2.45) is 0 Å². The molecule has 18 heavy (non-hydrogen) atoms. The Morgan fingerprint density at radius 1 is 1.33 bits per heavy atom. The Morgan fingerprint density at radius 3 is 2.61 bits per heavy atom. The number of pyridine rings is 1. The van der Waals surface area contributed by atoms with E-state index in [0.717, 1.165) is 26.2 Å². The highest BCUT2D eigenvalue weighted by atomic mass is 16.2. The number of nitrogens with zero attached hydrogens (tertiary/aromatic N) is 3. The lowest BCUT2D eigenvalue weighted by molar-refractivity contribution is -0.133. The number of nitrogen functional groups attached to an aromatic ring is 1. The first-order valence-electron chi connectivity index (χ1n) is 5.98. The van der Waals surface area contributed by atoms with Gasteiger partial charge in [0.2, 0.25) is 11.3 Å². The van der Waals surface area contributed by atoms with Crippen molar-refractivity contribution in [2.45, 2.75) is 6.54 Å². The summed E-state index contributed by atoms with van der Waals surface area (Å²) in [6.45, 7) is 3.54. The fourth-order valence-electron chi connectivity index (χ4n) is 1.96. The van der Waals surface area contributed by atoms with E-state index in [1.54, 1.807) is 10.8 Å². The van der Waals surface area contributed by atoms with E-state index < -0.39 is 0 Å². The molecule has 0 aromatic carbocycles. The van der Waals surface area contributed by atoms with Crippen LogP contribution in [-0.4, -0.2) is 53.5 Å². The summed E-state index contributed by atoms with van der Waals surface area (Å²) in [5.74, 6) is 0.0612. The number of carbonyl (C=O) groups is 1. The lowest BCUT2D eigenvalue weighted by Crippen LogP contribution is -2.48. The minimum atomic E-state index is -0.210. The largest absolute Gasteiger partial charge is 0.394 e. The molecule has 98 valence electrons. The van der Waals surface area contributed by atoms with Crippen molar-refractivity contribution in [2.75, 3.05) is 39.0 Å². The number of hydrogen-bond acceptors (Lipinski definition) is 4. The van der Waals surface area contributed by atoms with E-state index in [4.69, 9.17) is 5.73 Å². The fourth-order valence-corrected chi connectivity index (χ4v) is 1.96. The minimum Gasteiger partial charge on any atom is -0.394 e. The maximum absolute atomic E-state index is 12.0. The van der Waals surface area contributed by atoms with Gasteiger partial charge in [-0.2, -0.15) is 0 Å². The summed E-state index contributed by atoms with van der Waals surface area (Å²) in [4.78, 5) is 27.2. The third-order valence-electron chi connectivity index (χ3n) is 3.18. The molecular weight excluding hydrogens is 232 g/mol. The van der Waals surface area contributed by atoms with E-state index >= 15 is 0 Å². The molecule has 0 saturated carbocycles. The van der Waals surface area contributed by atoms with Crippen molar-refractivity contribution < 1.29 is 4.79 Å². The van der Waals surface area contributed by atoms with Crippen LogP contribution in [0, 0.1) is 0 Å². The van der Waals surface area contributed by atoms with E-state index in [1.807, 2.05) is 11.9 Å². The number of rotatable bonds is 2. The summed E-state index contributed by atoms with van der Waals surface area (Å²) in [5, 5.41) is 0. The number of anilines is 1. The van der Waals surface area contributed by atoms with Crippen LogP contribution < -0.4 is 11.2 Å². The molecule has 2 N–H and O–H groups in total. The highest BCUT2D eigenvalue weighted by molar-refractivity contribution is 5.76. The van der Waals surface area contributed by atoms with Gasteiger partial charge in [-0.05, 0) is 7.05 Å². The average Bonchev–Trinajstić information content (AvgIpc) is 2.34. The predicted molar refractivity (Wildman–Crippen MR) is 69.2 cm³/mol. The molecule has 1 aromatic heterocycles. The average molecular weight is 250 g/mol. The van der Waals surface area contributed by atoms with Gasteiger partial charge in [-0.15, -0.1) is 0 Å². The summed E-state index contributed by atoms with van der Waals surface area (Å²) in [5.41, 5.74) is 5.49. The fraction of sp³-hybridized carbons (Fsp3) is 0.500. The SMILES string of the molecule is CN1CCN(C(=O)Cn2ccc(=O)c(N)c2)CC1. The number of aromatic nitrogens is 1. The smallest absolute Gasteiger partial charge is 0.242 e. The first-order chi connectivity index (χ1) is 8.56. The Kier molecular flexibility index (Phi) is 3.66. The molecule has 0 unspecified atom stereocenters. The molecule has 1 aliphatic rings. The maximum atomic E-state index is 12.0. The van der Waals surface area contributed by atoms with Crippen LogP contribution in [0.2, 0.25) is 0 Å². The van der Waals surface area contributed by atoms with Crippen LogP contribution in [0.3, 0.4) is 0 Å². The first-order valence-corrected chi connectivity index (χ1v) is 5.98. The summed E-state index contributed by atoms with van der Waals surface area (Å²) < 4.78 is 1.65. The topological polar surface area (TPSA) is 71.6 Å². The first kappa shape index (κ1) is 12.6. The Balaban J connectivity index is 1.98. The van der Waals surface area contributed by atoms with Gasteiger partial charge < -0.3 is 20.1 Å². The molecular formula is C12H18N4O2. The van der Waals surface area contributed by atoms with Crippen molar-refractivity contribution in [3.8, 4) is 0 Å². The van der Waals surface area contributed by atoms with Crippen molar-refractivity contribution in [1.82, 2.24) is 14.4 Å². The summed E-state index contributed by atoms with van der Waals surface area (Å²) in [6.07, 6.45) is 3.10. The van der Waals surface area contributed by atoms with Crippen molar-refractivity contribution in [3.63, 3.8) is 0 Å². The molecule has 1 fully saturated rings. The van der Waals surface area contributed by atoms with Gasteiger partial charge in [0.1, 0.15) is 6.54 Å². The van der Waals surface area contributed by atoms with Crippen LogP contribution in [0.25, 0.3) is 0 Å². The standard InChI is InChI=1S/C12H18N4O2/c1-14-4-6-16(7-5-14)12(18)9-15-3-2-11(17)10(13)8-15/h2-3,8H,4-7,9,13H2,1H3. The molecule has 1 amide bonds. The molecule has 0 aliphatic carbocycles. The molecule has 0 bridgehead atoms. The zero-order valence-electron chi connectivity index (χ0n) is 10.5. The predicted octanol–water partition coefficient (Wildman–Crippen LogP) is -0.795. The van der Waals surface area contributed by atoms with E-state index in [-0.39, 0.29) is 23.6 Å². The molecule has 2 rings (SSSR count). The second-order valence-electron chi connectivity index (χ2n) is 4.62. The van der Waals surface area contributed by atoms with Gasteiger partial charge in [-0.1, -0.05) is 0 Å². The molecule has 1 aromatic rings. The quantitative estimate of drug-likeness (QED) is 0.746. The van der Waals surface area contributed by atoms with E-state index in [9.17, 15) is 9.59 Å². The van der Waals surface area contributed by atoms with Crippen molar-refractivity contribution in [1.29, 1.82) is 0 Å². The van der Waals surface area contributed by atoms with Gasteiger partial charge in [0.05, 0.1) is 5.69 Å². The Bertz CT molecular complexity index is 489. The number of carbonyl (C=O) groups excluding carboxylic acids is 1. The van der Waals surface area contributed by atoms with Gasteiger partial charge in [-0.3, -0.25) is 9.59 Å². The second kappa shape index (κ2) is 5.22. The van der Waals surface area contributed by atoms with Gasteiger partial charge >= 0.3 is 0 Å². The molecule has 0 radical (unpaired) electrons. The Labute approximate surface area is 106 Å². The second-order valence-corrected chi connectivity index (χ2v) is 4.62. The number of amides is 1. The van der Waals surface area contributed by atoms with Crippen molar-refractivity contribution in [3.05, 3.63) is 28.7 Å². The molecule has 0 atom stereocenters. The van der Waals surface area contributed by atoms with Crippen molar-refractivity contribution >= 4 is 11.6 Å². The Hall–Kier alpha value is -1.82. The van der Waals surface area contributed by atoms with Crippen LogP contribution in [0.1, 0.15) is 0 Å². The highest BCUT2D eigenvalue weighted by Gasteiger charge is 2.18. The third-order valence-corrected chi connectivity index (χ3v) is 3.18. The maximum Gasteiger partial charge on any atom is 0.242 e. The highest BCUT2D eigenvalue weighted by Crippen LogP contribution is 2.02. The molecule has 6 nitrogen and oxygen atoms in total. The summed E-state index contributed by atoms with van der Waals surface area (Å²) in [7, 11) is 2.05. The van der Waals surface area contributed by atoms with Gasteiger partial charge in [0.25, 0.3) is 0 Å². The lowest BCUT2D eigenvalue weighted by atomic mass is 10.3. The van der Waals surface area contributed by atoms with E-state index in [0.29, 0.717) is 0 Å². The molecule has 0 spiro atoms. The third kappa shape index (κ3) is 2.89. The number of piperazine rings is 1. The molecule has 1 saturated heterocycles. The van der Waals surface area contributed by atoms with Crippen LogP contribution in [0.5, 0.6) is 0 Å². The van der Waals surface area contributed by atoms with Gasteiger partial charge in [-0.25, -0.2) is 0 Å². The van der Waals surface area contributed by atoms with E-state index in [2.05, 4.69) is 4.90 Å². The van der Waals surface area contributed by atoms with Crippen LogP contribution >= 0.6 is 0 Å². The van der Waals surface area contributed by atoms with Crippen LogP contribution in [-0.2, 0) is 11.3 Å². The minimum absolute atomic E-state index is 0.0612. The number of nitrogens with two attached hydrogens (primary N) is 1. The zero-order valence-corrected chi connectivity index (χ0v) is 10.5. The lowest BCUT2D eigenvalue weighted by Gasteiger charge is -2.32.